The lowest BCUT2D eigenvalue weighted by Crippen LogP contribution is -2.31. The molecule has 1 amide bonds. The molecule has 1 aromatic carbocycles. The van der Waals surface area contributed by atoms with Gasteiger partial charge in [0.05, 0.1) is 0 Å². The number of benzene rings is 1. The molecule has 2 N–H and O–H groups in total. The minimum atomic E-state index is -0.0316. The predicted octanol–water partition coefficient (Wildman–Crippen LogP) is 3.35. The molecule has 0 bridgehead atoms. The Labute approximate surface area is 115 Å². The first-order chi connectivity index (χ1) is 8.94. The van der Waals surface area contributed by atoms with Crippen LogP contribution in [-0.2, 0) is 0 Å². The van der Waals surface area contributed by atoms with Crippen LogP contribution in [0.1, 0.15) is 49.0 Å². The number of carbonyl (C=O) groups excluding carboxylic acids is 1. The Kier molecular flexibility index (Phi) is 3.83. The van der Waals surface area contributed by atoms with Gasteiger partial charge in [0.15, 0.2) is 0 Å². The van der Waals surface area contributed by atoms with Crippen molar-refractivity contribution in [2.75, 3.05) is 12.4 Å². The molecule has 2 rings (SSSR count). The highest BCUT2D eigenvalue weighted by Crippen LogP contribution is 2.39. The van der Waals surface area contributed by atoms with Crippen molar-refractivity contribution in [3.63, 3.8) is 0 Å². The minimum Gasteiger partial charge on any atom is -0.382 e. The summed E-state index contributed by atoms with van der Waals surface area (Å²) in [7, 11) is 1.66. The summed E-state index contributed by atoms with van der Waals surface area (Å²) in [4.78, 5) is 11.6. The maximum absolute atomic E-state index is 11.6. The SMILES string of the molecule is CNC(=O)c1ccc(NC2CCCC2(C)C)c(C)c1. The van der Waals surface area contributed by atoms with Gasteiger partial charge in [-0.05, 0) is 48.9 Å². The van der Waals surface area contributed by atoms with Gasteiger partial charge in [-0.2, -0.15) is 0 Å². The number of rotatable bonds is 3. The van der Waals surface area contributed by atoms with Crippen LogP contribution in [0, 0.1) is 12.3 Å². The van der Waals surface area contributed by atoms with Gasteiger partial charge in [-0.25, -0.2) is 0 Å². The van der Waals surface area contributed by atoms with Crippen molar-refractivity contribution < 1.29 is 4.79 Å². The second kappa shape index (κ2) is 5.24. The molecule has 104 valence electrons. The van der Waals surface area contributed by atoms with E-state index in [0.29, 0.717) is 11.5 Å². The zero-order valence-electron chi connectivity index (χ0n) is 12.3. The second-order valence-corrected chi connectivity index (χ2v) is 6.19. The summed E-state index contributed by atoms with van der Waals surface area (Å²) in [5, 5.41) is 6.31. The molecule has 0 saturated heterocycles. The molecule has 1 unspecified atom stereocenters. The second-order valence-electron chi connectivity index (χ2n) is 6.19. The number of aryl methyl sites for hydroxylation is 1. The van der Waals surface area contributed by atoms with Gasteiger partial charge in [-0.1, -0.05) is 20.3 Å². The van der Waals surface area contributed by atoms with Gasteiger partial charge in [0, 0.05) is 24.3 Å². The zero-order valence-corrected chi connectivity index (χ0v) is 12.3. The fourth-order valence-corrected chi connectivity index (χ4v) is 2.89. The third-order valence-electron chi connectivity index (χ3n) is 4.30. The Hall–Kier alpha value is -1.51. The summed E-state index contributed by atoms with van der Waals surface area (Å²) in [6, 6.07) is 6.38. The summed E-state index contributed by atoms with van der Waals surface area (Å²) in [6.45, 7) is 6.70. The first-order valence-corrected chi connectivity index (χ1v) is 7.03. The van der Waals surface area contributed by atoms with E-state index in [1.54, 1.807) is 7.05 Å². The average molecular weight is 260 g/mol. The van der Waals surface area contributed by atoms with Gasteiger partial charge in [-0.3, -0.25) is 4.79 Å². The maximum atomic E-state index is 11.6. The van der Waals surface area contributed by atoms with Crippen LogP contribution in [-0.4, -0.2) is 19.0 Å². The number of anilines is 1. The van der Waals surface area contributed by atoms with Crippen molar-refractivity contribution in [2.24, 2.45) is 5.41 Å². The Morgan fingerprint density at radius 1 is 1.37 bits per heavy atom. The molecule has 0 aromatic heterocycles. The first kappa shape index (κ1) is 13.9. The normalized spacial score (nSPS) is 21.2. The van der Waals surface area contributed by atoms with Gasteiger partial charge in [-0.15, -0.1) is 0 Å². The molecule has 3 heteroatoms. The van der Waals surface area contributed by atoms with E-state index in [2.05, 4.69) is 31.4 Å². The van der Waals surface area contributed by atoms with Gasteiger partial charge in [0.1, 0.15) is 0 Å². The van der Waals surface area contributed by atoms with Crippen molar-refractivity contribution in [3.8, 4) is 0 Å². The molecular weight excluding hydrogens is 236 g/mol. The Morgan fingerprint density at radius 2 is 2.11 bits per heavy atom. The third kappa shape index (κ3) is 2.91. The highest BCUT2D eigenvalue weighted by atomic mass is 16.1. The summed E-state index contributed by atoms with van der Waals surface area (Å²) in [6.07, 6.45) is 3.80. The summed E-state index contributed by atoms with van der Waals surface area (Å²) >= 11 is 0. The first-order valence-electron chi connectivity index (χ1n) is 7.03. The van der Waals surface area contributed by atoms with Crippen LogP contribution >= 0.6 is 0 Å². The molecule has 1 aromatic rings. The van der Waals surface area contributed by atoms with Crippen LogP contribution in [0.5, 0.6) is 0 Å². The monoisotopic (exact) mass is 260 g/mol. The van der Waals surface area contributed by atoms with E-state index in [1.807, 2.05) is 18.2 Å². The molecule has 0 radical (unpaired) electrons. The topological polar surface area (TPSA) is 41.1 Å². The number of carbonyl (C=O) groups is 1. The van der Waals surface area contributed by atoms with Crippen LogP contribution < -0.4 is 10.6 Å². The molecular formula is C16H24N2O. The molecule has 3 nitrogen and oxygen atoms in total. The molecule has 0 heterocycles. The van der Waals surface area contributed by atoms with E-state index >= 15 is 0 Å². The number of nitrogens with one attached hydrogen (secondary N) is 2. The van der Waals surface area contributed by atoms with Crippen LogP contribution in [0.15, 0.2) is 18.2 Å². The predicted molar refractivity (Wildman–Crippen MR) is 79.6 cm³/mol. The lowest BCUT2D eigenvalue weighted by molar-refractivity contribution is 0.0963. The number of hydrogen-bond acceptors (Lipinski definition) is 2. The Morgan fingerprint density at radius 3 is 2.63 bits per heavy atom. The van der Waals surface area contributed by atoms with E-state index in [0.717, 1.165) is 16.8 Å². The molecule has 0 spiro atoms. The molecule has 1 saturated carbocycles. The highest BCUT2D eigenvalue weighted by molar-refractivity contribution is 5.94. The zero-order chi connectivity index (χ0) is 14.0. The summed E-state index contributed by atoms with van der Waals surface area (Å²) in [5.74, 6) is -0.0316. The van der Waals surface area contributed by atoms with Crippen molar-refractivity contribution in [1.29, 1.82) is 0 Å². The number of amides is 1. The fraction of sp³-hybridized carbons (Fsp3) is 0.562. The Bertz CT molecular complexity index is 480. The van der Waals surface area contributed by atoms with E-state index in [4.69, 9.17) is 0 Å². The molecule has 1 aliphatic carbocycles. The van der Waals surface area contributed by atoms with E-state index in [1.165, 1.54) is 19.3 Å². The number of hydrogen-bond donors (Lipinski definition) is 2. The van der Waals surface area contributed by atoms with Gasteiger partial charge in [0.2, 0.25) is 0 Å². The van der Waals surface area contributed by atoms with E-state index in [9.17, 15) is 4.79 Å². The van der Waals surface area contributed by atoms with Crippen molar-refractivity contribution in [3.05, 3.63) is 29.3 Å². The molecule has 1 fully saturated rings. The van der Waals surface area contributed by atoms with E-state index < -0.39 is 0 Å². The smallest absolute Gasteiger partial charge is 0.251 e. The molecule has 0 aliphatic heterocycles. The standard InChI is InChI=1S/C16H24N2O/c1-11-10-12(15(19)17-4)7-8-13(11)18-14-6-5-9-16(14,2)3/h7-8,10,14,18H,5-6,9H2,1-4H3,(H,17,19). The van der Waals surface area contributed by atoms with Crippen molar-refractivity contribution >= 4 is 11.6 Å². The highest BCUT2D eigenvalue weighted by Gasteiger charge is 2.34. The van der Waals surface area contributed by atoms with E-state index in [-0.39, 0.29) is 5.91 Å². The van der Waals surface area contributed by atoms with Gasteiger partial charge < -0.3 is 10.6 Å². The molecule has 1 atom stereocenters. The maximum Gasteiger partial charge on any atom is 0.251 e. The summed E-state index contributed by atoms with van der Waals surface area (Å²) in [5.41, 5.74) is 3.35. The van der Waals surface area contributed by atoms with Gasteiger partial charge >= 0.3 is 0 Å². The quantitative estimate of drug-likeness (QED) is 0.875. The minimum absolute atomic E-state index is 0.0316. The molecule has 1 aliphatic rings. The lowest BCUT2D eigenvalue weighted by Gasteiger charge is -2.29. The largest absolute Gasteiger partial charge is 0.382 e. The van der Waals surface area contributed by atoms with Crippen LogP contribution in [0.4, 0.5) is 5.69 Å². The third-order valence-corrected chi connectivity index (χ3v) is 4.30. The van der Waals surface area contributed by atoms with Crippen LogP contribution in [0.25, 0.3) is 0 Å². The lowest BCUT2D eigenvalue weighted by atomic mass is 9.87. The van der Waals surface area contributed by atoms with Crippen LogP contribution in [0.3, 0.4) is 0 Å². The summed E-state index contributed by atoms with van der Waals surface area (Å²) < 4.78 is 0. The van der Waals surface area contributed by atoms with Crippen molar-refractivity contribution in [2.45, 2.75) is 46.1 Å². The average Bonchev–Trinajstić information content (AvgIpc) is 2.70. The van der Waals surface area contributed by atoms with Gasteiger partial charge in [0.25, 0.3) is 5.91 Å². The van der Waals surface area contributed by atoms with Crippen LogP contribution in [0.2, 0.25) is 0 Å². The fourth-order valence-electron chi connectivity index (χ4n) is 2.89. The Balaban J connectivity index is 2.16. The molecule has 19 heavy (non-hydrogen) atoms. The van der Waals surface area contributed by atoms with Crippen molar-refractivity contribution in [1.82, 2.24) is 5.32 Å².